The van der Waals surface area contributed by atoms with Crippen molar-refractivity contribution >= 4 is 33.4 Å². The molecule has 2 aromatic rings. The third-order valence-electron chi connectivity index (χ3n) is 2.58. The molecule has 1 aromatic heterocycles. The Hall–Kier alpha value is -1.95. The number of nitrogens with one attached hydrogen (secondary N) is 1. The summed E-state index contributed by atoms with van der Waals surface area (Å²) in [5.41, 5.74) is 0.864. The topological polar surface area (TPSA) is 68.3 Å². The summed E-state index contributed by atoms with van der Waals surface area (Å²) in [5.74, 6) is -0.578. The normalized spacial score (nSPS) is 12.1. The lowest BCUT2D eigenvalue weighted by molar-refractivity contribution is -0.141. The van der Waals surface area contributed by atoms with E-state index in [2.05, 4.69) is 15.0 Å². The first-order chi connectivity index (χ1) is 9.10. The molecule has 0 spiro atoms. The summed E-state index contributed by atoms with van der Waals surface area (Å²) in [4.78, 5) is 27.1. The van der Waals surface area contributed by atoms with E-state index in [4.69, 9.17) is 0 Å². The van der Waals surface area contributed by atoms with Crippen molar-refractivity contribution in [2.75, 3.05) is 7.11 Å². The predicted octanol–water partition coefficient (Wildman–Crippen LogP) is 2.04. The zero-order valence-electron chi connectivity index (χ0n) is 10.7. The van der Waals surface area contributed by atoms with Crippen LogP contribution in [0.4, 0.5) is 0 Å². The zero-order valence-corrected chi connectivity index (χ0v) is 11.5. The third kappa shape index (κ3) is 3.29. The van der Waals surface area contributed by atoms with Crippen molar-refractivity contribution in [3.05, 3.63) is 29.3 Å². The summed E-state index contributed by atoms with van der Waals surface area (Å²) in [6, 6.07) is 7.25. The van der Waals surface area contributed by atoms with Gasteiger partial charge in [-0.05, 0) is 12.1 Å². The van der Waals surface area contributed by atoms with E-state index in [9.17, 15) is 9.59 Å². The summed E-state index contributed by atoms with van der Waals surface area (Å²) in [6.45, 7) is 1.41. The second kappa shape index (κ2) is 5.79. The third-order valence-corrected chi connectivity index (χ3v) is 3.73. The molecule has 0 unspecified atom stereocenters. The van der Waals surface area contributed by atoms with Crippen LogP contribution in [0.2, 0.25) is 0 Å². The van der Waals surface area contributed by atoms with Crippen molar-refractivity contribution in [2.45, 2.75) is 19.4 Å². The van der Waals surface area contributed by atoms with Gasteiger partial charge >= 0.3 is 5.97 Å². The van der Waals surface area contributed by atoms with Crippen LogP contribution < -0.4 is 5.32 Å². The number of carbonyl (C=O) groups is 2. The number of para-hydroxylation sites is 1. The molecule has 19 heavy (non-hydrogen) atoms. The highest BCUT2D eigenvalue weighted by Gasteiger charge is 2.21. The van der Waals surface area contributed by atoms with E-state index in [1.807, 2.05) is 24.3 Å². The van der Waals surface area contributed by atoms with Gasteiger partial charge in [-0.2, -0.15) is 0 Å². The van der Waals surface area contributed by atoms with Gasteiger partial charge in [-0.25, -0.2) is 4.98 Å². The molecular formula is C13H14N2O3S. The number of aromatic nitrogens is 1. The highest BCUT2D eigenvalue weighted by molar-refractivity contribution is 7.18. The van der Waals surface area contributed by atoms with Gasteiger partial charge in [0.1, 0.15) is 5.01 Å². The molecule has 0 aliphatic rings. The molecule has 1 atom stereocenters. The molecule has 1 aromatic carbocycles. The maximum atomic E-state index is 11.4. The van der Waals surface area contributed by atoms with E-state index < -0.39 is 6.04 Å². The van der Waals surface area contributed by atoms with Gasteiger partial charge in [-0.1, -0.05) is 12.1 Å². The highest BCUT2D eigenvalue weighted by Crippen LogP contribution is 2.28. The molecule has 0 saturated carbocycles. The van der Waals surface area contributed by atoms with Crippen LogP contribution in [0.25, 0.3) is 10.2 Å². The summed E-state index contributed by atoms with van der Waals surface area (Å²) < 4.78 is 5.67. The number of methoxy groups -OCH3 is 1. The maximum Gasteiger partial charge on any atom is 0.308 e. The van der Waals surface area contributed by atoms with Crippen molar-refractivity contribution in [2.24, 2.45) is 0 Å². The Morgan fingerprint density at radius 1 is 1.42 bits per heavy atom. The fourth-order valence-electron chi connectivity index (χ4n) is 1.73. The molecule has 0 fully saturated rings. The van der Waals surface area contributed by atoms with Gasteiger partial charge in [0.2, 0.25) is 5.91 Å². The first kappa shape index (κ1) is 13.5. The van der Waals surface area contributed by atoms with E-state index in [1.165, 1.54) is 25.4 Å². The number of fused-ring (bicyclic) bond motifs is 1. The van der Waals surface area contributed by atoms with Gasteiger partial charge in [-0.15, -0.1) is 11.3 Å². The number of hydrogen-bond donors (Lipinski definition) is 1. The molecule has 6 heteroatoms. The SMILES string of the molecule is COC(=O)C[C@H](NC(C)=O)c1nc2ccccc2s1. The molecule has 2 rings (SSSR count). The molecule has 0 aliphatic heterocycles. The van der Waals surface area contributed by atoms with Gasteiger partial charge in [0.25, 0.3) is 0 Å². The maximum absolute atomic E-state index is 11.4. The van der Waals surface area contributed by atoms with Crippen LogP contribution in [-0.2, 0) is 14.3 Å². The molecule has 0 aliphatic carbocycles. The number of ether oxygens (including phenoxy) is 1. The number of esters is 1. The minimum atomic E-state index is -0.442. The van der Waals surface area contributed by atoms with Crippen LogP contribution in [-0.4, -0.2) is 24.0 Å². The van der Waals surface area contributed by atoms with Gasteiger partial charge in [0.05, 0.1) is 29.8 Å². The lowest BCUT2D eigenvalue weighted by atomic mass is 10.2. The molecule has 0 saturated heterocycles. The smallest absolute Gasteiger partial charge is 0.308 e. The summed E-state index contributed by atoms with van der Waals surface area (Å²) in [7, 11) is 1.32. The Bertz CT molecular complexity index is 576. The van der Waals surface area contributed by atoms with E-state index in [0.717, 1.165) is 10.2 Å². The van der Waals surface area contributed by atoms with E-state index >= 15 is 0 Å². The number of amides is 1. The predicted molar refractivity (Wildman–Crippen MR) is 72.8 cm³/mol. The van der Waals surface area contributed by atoms with Crippen LogP contribution in [0.15, 0.2) is 24.3 Å². The molecule has 0 radical (unpaired) electrons. The van der Waals surface area contributed by atoms with Crippen molar-refractivity contribution in [3.63, 3.8) is 0 Å². The summed E-state index contributed by atoms with van der Waals surface area (Å²) in [5, 5.41) is 3.44. The van der Waals surface area contributed by atoms with E-state index in [0.29, 0.717) is 5.01 Å². The zero-order chi connectivity index (χ0) is 13.8. The van der Waals surface area contributed by atoms with Crippen molar-refractivity contribution in [1.29, 1.82) is 0 Å². The Morgan fingerprint density at radius 2 is 2.16 bits per heavy atom. The fourth-order valence-corrected chi connectivity index (χ4v) is 2.75. The minimum absolute atomic E-state index is 0.0793. The molecule has 1 amide bonds. The highest BCUT2D eigenvalue weighted by atomic mass is 32.1. The molecule has 0 bridgehead atoms. The minimum Gasteiger partial charge on any atom is -0.469 e. The number of carbonyl (C=O) groups excluding carboxylic acids is 2. The van der Waals surface area contributed by atoms with Gasteiger partial charge < -0.3 is 10.1 Å². The van der Waals surface area contributed by atoms with Gasteiger partial charge in [0, 0.05) is 6.92 Å². The Kier molecular flexibility index (Phi) is 4.11. The largest absolute Gasteiger partial charge is 0.469 e. The number of thiazole rings is 1. The Balaban J connectivity index is 2.30. The number of benzene rings is 1. The van der Waals surface area contributed by atoms with Crippen molar-refractivity contribution in [3.8, 4) is 0 Å². The molecule has 1 N–H and O–H groups in total. The van der Waals surface area contributed by atoms with Crippen LogP contribution in [0.1, 0.15) is 24.4 Å². The fraction of sp³-hybridized carbons (Fsp3) is 0.308. The summed E-state index contributed by atoms with van der Waals surface area (Å²) >= 11 is 1.47. The van der Waals surface area contributed by atoms with Gasteiger partial charge in [0.15, 0.2) is 0 Å². The molecule has 1 heterocycles. The monoisotopic (exact) mass is 278 g/mol. The van der Waals surface area contributed by atoms with Crippen molar-refractivity contribution < 1.29 is 14.3 Å². The van der Waals surface area contributed by atoms with Crippen LogP contribution in [0, 0.1) is 0 Å². The average Bonchev–Trinajstić information content (AvgIpc) is 2.80. The van der Waals surface area contributed by atoms with E-state index in [-0.39, 0.29) is 18.3 Å². The lowest BCUT2D eigenvalue weighted by Gasteiger charge is -2.13. The lowest BCUT2D eigenvalue weighted by Crippen LogP contribution is -2.28. The number of rotatable bonds is 4. The first-order valence-corrected chi connectivity index (χ1v) is 6.61. The Morgan fingerprint density at radius 3 is 2.79 bits per heavy atom. The molecular weight excluding hydrogens is 264 g/mol. The summed E-state index contributed by atoms with van der Waals surface area (Å²) in [6.07, 6.45) is 0.0793. The van der Waals surface area contributed by atoms with Crippen LogP contribution in [0.5, 0.6) is 0 Å². The number of hydrogen-bond acceptors (Lipinski definition) is 5. The standard InChI is InChI=1S/C13H14N2O3S/c1-8(16)14-10(7-12(17)18-2)13-15-9-5-3-4-6-11(9)19-13/h3-6,10H,7H2,1-2H3,(H,14,16)/t10-/m0/s1. The van der Waals surface area contributed by atoms with Crippen LogP contribution >= 0.6 is 11.3 Å². The Labute approximate surface area is 114 Å². The van der Waals surface area contributed by atoms with Gasteiger partial charge in [-0.3, -0.25) is 9.59 Å². The first-order valence-electron chi connectivity index (χ1n) is 5.79. The molecule has 5 nitrogen and oxygen atoms in total. The average molecular weight is 278 g/mol. The molecule has 100 valence electrons. The van der Waals surface area contributed by atoms with Crippen LogP contribution in [0.3, 0.4) is 0 Å². The van der Waals surface area contributed by atoms with Crippen molar-refractivity contribution in [1.82, 2.24) is 10.3 Å². The number of nitrogens with zero attached hydrogens (tertiary/aromatic N) is 1. The second-order valence-electron chi connectivity index (χ2n) is 4.05. The second-order valence-corrected chi connectivity index (χ2v) is 5.12. The van der Waals surface area contributed by atoms with E-state index in [1.54, 1.807) is 0 Å². The quantitative estimate of drug-likeness (QED) is 0.869.